The minimum absolute atomic E-state index is 0.0213. The van der Waals surface area contributed by atoms with E-state index < -0.39 is 4.92 Å². The highest BCUT2D eigenvalue weighted by molar-refractivity contribution is 5.65. The fourth-order valence-corrected chi connectivity index (χ4v) is 4.16. The molecule has 1 aliphatic rings. The summed E-state index contributed by atoms with van der Waals surface area (Å²) in [6, 6.07) is 5.26. The third-order valence-corrected chi connectivity index (χ3v) is 5.76. The van der Waals surface area contributed by atoms with E-state index in [0.717, 1.165) is 45.1 Å². The largest absolute Gasteiger partial charge is 0.396 e. The van der Waals surface area contributed by atoms with Crippen LogP contribution in [0.4, 0.5) is 11.4 Å². The summed E-state index contributed by atoms with van der Waals surface area (Å²) in [5.74, 6) is 0.196. The number of aliphatic hydroxyl groups is 2. The quantitative estimate of drug-likeness (QED) is 0.228. The molecule has 1 aromatic carbocycles. The number of nitrogens with zero attached hydrogens (tertiary/aromatic N) is 4. The molecule has 3 rings (SSSR count). The molecule has 2 aromatic rings. The highest BCUT2D eigenvalue weighted by Crippen LogP contribution is 2.27. The first-order valence-electron chi connectivity index (χ1n) is 11.0. The third kappa shape index (κ3) is 6.98. The summed E-state index contributed by atoms with van der Waals surface area (Å²) in [5, 5.41) is 44.9. The van der Waals surface area contributed by atoms with Gasteiger partial charge in [-0.2, -0.15) is 0 Å². The molecule has 4 N–H and O–H groups in total. The number of benzene rings is 1. The Balaban J connectivity index is 1.33. The van der Waals surface area contributed by atoms with Gasteiger partial charge in [0.2, 0.25) is 0 Å². The van der Waals surface area contributed by atoms with Gasteiger partial charge in [0.05, 0.1) is 29.1 Å². The van der Waals surface area contributed by atoms with E-state index in [1.54, 1.807) is 18.3 Å². The smallest absolute Gasteiger partial charge is 0.294 e. The normalized spacial score (nSPS) is 21.2. The van der Waals surface area contributed by atoms with E-state index in [4.69, 9.17) is 0 Å². The van der Waals surface area contributed by atoms with E-state index in [9.17, 15) is 20.3 Å². The Morgan fingerprint density at radius 3 is 2.68 bits per heavy atom. The van der Waals surface area contributed by atoms with E-state index >= 15 is 0 Å². The van der Waals surface area contributed by atoms with Crippen molar-refractivity contribution in [1.29, 1.82) is 0 Å². The van der Waals surface area contributed by atoms with Crippen LogP contribution in [-0.2, 0) is 0 Å². The Bertz CT molecular complexity index is 816. The third-order valence-electron chi connectivity index (χ3n) is 5.76. The SMILES string of the molecule is O=[N+]([O-])c1cc(-n2ccnn2)ccc1NCCCCCCNC1CC(CO)C[C@H](O)C1. The summed E-state index contributed by atoms with van der Waals surface area (Å²) in [6.07, 6.45) is 9.31. The monoisotopic (exact) mass is 432 g/mol. The lowest BCUT2D eigenvalue weighted by molar-refractivity contribution is -0.383. The predicted octanol–water partition coefficient (Wildman–Crippen LogP) is 2.26. The van der Waals surface area contributed by atoms with Crippen LogP contribution in [0, 0.1) is 16.0 Å². The van der Waals surface area contributed by atoms with Gasteiger partial charge in [0.1, 0.15) is 5.69 Å². The van der Waals surface area contributed by atoms with Crippen molar-refractivity contribution in [2.45, 2.75) is 57.1 Å². The van der Waals surface area contributed by atoms with E-state index in [-0.39, 0.29) is 30.4 Å². The molecule has 10 nitrogen and oxygen atoms in total. The number of anilines is 1. The zero-order valence-electron chi connectivity index (χ0n) is 17.7. The maximum Gasteiger partial charge on any atom is 0.294 e. The molecular formula is C21H32N6O4. The van der Waals surface area contributed by atoms with Crippen LogP contribution in [0.3, 0.4) is 0 Å². The summed E-state index contributed by atoms with van der Waals surface area (Å²) in [4.78, 5) is 11.0. The van der Waals surface area contributed by atoms with Gasteiger partial charge in [-0.05, 0) is 56.7 Å². The summed E-state index contributed by atoms with van der Waals surface area (Å²) in [6.45, 7) is 1.71. The van der Waals surface area contributed by atoms with E-state index in [1.165, 1.54) is 16.9 Å². The summed E-state index contributed by atoms with van der Waals surface area (Å²) in [7, 11) is 0. The number of nitro benzene ring substituents is 1. The maximum absolute atomic E-state index is 11.4. The number of nitro groups is 1. The van der Waals surface area contributed by atoms with Crippen molar-refractivity contribution in [3.05, 3.63) is 40.7 Å². The lowest BCUT2D eigenvalue weighted by Gasteiger charge is -2.32. The van der Waals surface area contributed by atoms with E-state index in [1.807, 2.05) is 0 Å². The lowest BCUT2D eigenvalue weighted by Crippen LogP contribution is -2.40. The molecule has 1 aromatic heterocycles. The molecule has 1 heterocycles. The summed E-state index contributed by atoms with van der Waals surface area (Å²) < 4.78 is 1.49. The highest BCUT2D eigenvalue weighted by atomic mass is 16.6. The van der Waals surface area contributed by atoms with Crippen molar-refractivity contribution >= 4 is 11.4 Å². The number of hydrogen-bond acceptors (Lipinski definition) is 8. The molecule has 1 aliphatic carbocycles. The van der Waals surface area contributed by atoms with Gasteiger partial charge in [-0.15, -0.1) is 5.10 Å². The average Bonchev–Trinajstić information content (AvgIpc) is 3.30. The van der Waals surface area contributed by atoms with Crippen LogP contribution in [0.5, 0.6) is 0 Å². The second-order valence-corrected chi connectivity index (χ2v) is 8.21. The van der Waals surface area contributed by atoms with Gasteiger partial charge in [0, 0.05) is 25.3 Å². The molecule has 0 aliphatic heterocycles. The van der Waals surface area contributed by atoms with Crippen molar-refractivity contribution in [1.82, 2.24) is 20.3 Å². The van der Waals surface area contributed by atoms with Gasteiger partial charge in [0.15, 0.2) is 0 Å². The molecule has 3 atom stereocenters. The van der Waals surface area contributed by atoms with Crippen LogP contribution >= 0.6 is 0 Å². The molecule has 0 bridgehead atoms. The first-order chi connectivity index (χ1) is 15.1. The molecule has 0 saturated heterocycles. The summed E-state index contributed by atoms with van der Waals surface area (Å²) in [5.41, 5.74) is 1.12. The standard InChI is InChI=1S/C21H32N6O4/c28-15-16-11-17(13-19(29)12-16)22-7-3-1-2-4-8-23-20-6-5-18(14-21(20)27(30)31)26-10-9-24-25-26/h5-6,9-10,14,16-17,19,22-23,28-29H,1-4,7-8,11-13,15H2/t16?,17?,19-/m0/s1. The lowest BCUT2D eigenvalue weighted by atomic mass is 9.84. The van der Waals surface area contributed by atoms with Crippen LogP contribution in [-0.4, -0.2) is 62.0 Å². The predicted molar refractivity (Wildman–Crippen MR) is 117 cm³/mol. The Labute approximate surface area is 181 Å². The molecule has 10 heteroatoms. The first kappa shape index (κ1) is 23.1. The molecule has 0 amide bonds. The molecule has 1 fully saturated rings. The Morgan fingerprint density at radius 1 is 1.16 bits per heavy atom. The van der Waals surface area contributed by atoms with Gasteiger partial charge < -0.3 is 20.8 Å². The highest BCUT2D eigenvalue weighted by Gasteiger charge is 2.26. The molecule has 1 saturated carbocycles. The zero-order valence-corrected chi connectivity index (χ0v) is 17.7. The fraction of sp³-hybridized carbons (Fsp3) is 0.619. The number of aromatic nitrogens is 3. The van der Waals surface area contributed by atoms with Crippen LogP contribution in [0.1, 0.15) is 44.9 Å². The second kappa shape index (κ2) is 11.7. The van der Waals surface area contributed by atoms with Gasteiger partial charge >= 0.3 is 0 Å². The van der Waals surface area contributed by atoms with Crippen LogP contribution in [0.2, 0.25) is 0 Å². The molecule has 170 valence electrons. The van der Waals surface area contributed by atoms with Crippen LogP contribution in [0.25, 0.3) is 5.69 Å². The van der Waals surface area contributed by atoms with Gasteiger partial charge in [-0.1, -0.05) is 18.1 Å². The zero-order chi connectivity index (χ0) is 22.1. The Morgan fingerprint density at radius 2 is 1.97 bits per heavy atom. The minimum Gasteiger partial charge on any atom is -0.396 e. The van der Waals surface area contributed by atoms with Crippen molar-refractivity contribution < 1.29 is 15.1 Å². The summed E-state index contributed by atoms with van der Waals surface area (Å²) >= 11 is 0. The van der Waals surface area contributed by atoms with Crippen LogP contribution < -0.4 is 10.6 Å². The van der Waals surface area contributed by atoms with Gasteiger partial charge in [0.25, 0.3) is 5.69 Å². The number of rotatable bonds is 12. The van der Waals surface area contributed by atoms with Gasteiger partial charge in [-0.3, -0.25) is 10.1 Å². The average molecular weight is 433 g/mol. The maximum atomic E-state index is 11.4. The number of hydrogen-bond donors (Lipinski definition) is 4. The van der Waals surface area contributed by atoms with Crippen molar-refractivity contribution in [3.63, 3.8) is 0 Å². The second-order valence-electron chi connectivity index (χ2n) is 8.21. The first-order valence-corrected chi connectivity index (χ1v) is 11.0. The minimum atomic E-state index is -0.391. The van der Waals surface area contributed by atoms with Crippen molar-refractivity contribution in [2.75, 3.05) is 25.0 Å². The number of nitrogens with one attached hydrogen (secondary N) is 2. The fourth-order valence-electron chi connectivity index (χ4n) is 4.16. The molecule has 2 unspecified atom stereocenters. The van der Waals surface area contributed by atoms with E-state index in [2.05, 4.69) is 20.9 Å². The molecular weight excluding hydrogens is 400 g/mol. The van der Waals surface area contributed by atoms with Gasteiger partial charge in [-0.25, -0.2) is 4.68 Å². The van der Waals surface area contributed by atoms with Crippen molar-refractivity contribution in [2.24, 2.45) is 5.92 Å². The molecule has 0 radical (unpaired) electrons. The topological polar surface area (TPSA) is 138 Å². The molecule has 0 spiro atoms. The van der Waals surface area contributed by atoms with Crippen LogP contribution in [0.15, 0.2) is 30.6 Å². The Kier molecular flexibility index (Phi) is 8.74. The molecule has 31 heavy (non-hydrogen) atoms. The Hall–Kier alpha value is -2.56. The number of unbranched alkanes of at least 4 members (excludes halogenated alkanes) is 3. The van der Waals surface area contributed by atoms with E-state index in [0.29, 0.717) is 24.3 Å². The van der Waals surface area contributed by atoms with Crippen molar-refractivity contribution in [3.8, 4) is 5.69 Å². The number of aliphatic hydroxyl groups excluding tert-OH is 2.